The first-order valence-corrected chi connectivity index (χ1v) is 2.89. The molecule has 1 atom stereocenters. The van der Waals surface area contributed by atoms with Gasteiger partial charge >= 0.3 is 0 Å². The fraction of sp³-hybridized carbons (Fsp3) is 0.333. The van der Waals surface area contributed by atoms with Crippen LogP contribution in [0.5, 0.6) is 0 Å². The van der Waals surface area contributed by atoms with Gasteiger partial charge in [-0.2, -0.15) is 0 Å². The second-order valence-corrected chi connectivity index (χ2v) is 2.15. The van der Waals surface area contributed by atoms with E-state index in [1.165, 1.54) is 0 Å². The predicted molar refractivity (Wildman–Crippen MR) is 30.2 cm³/mol. The van der Waals surface area contributed by atoms with Crippen molar-refractivity contribution in [3.05, 3.63) is 17.0 Å². The average molecular weight is 139 g/mol. The van der Waals surface area contributed by atoms with Crippen molar-refractivity contribution in [3.8, 4) is 0 Å². The lowest BCUT2D eigenvalue weighted by Crippen LogP contribution is -1.86. The summed E-state index contributed by atoms with van der Waals surface area (Å²) >= 11 is 0. The molecule has 1 heterocycles. The second-order valence-electron chi connectivity index (χ2n) is 2.15. The van der Waals surface area contributed by atoms with Crippen LogP contribution in [0.25, 0.3) is 0 Å². The van der Waals surface area contributed by atoms with Crippen LogP contribution in [0, 0.1) is 6.92 Å². The summed E-state index contributed by atoms with van der Waals surface area (Å²) in [5.41, 5.74) is 1.68. The fourth-order valence-electron chi connectivity index (χ4n) is 1.01. The minimum Gasteiger partial charge on any atom is -0.453 e. The summed E-state index contributed by atoms with van der Waals surface area (Å²) in [6, 6.07) is 0. The van der Waals surface area contributed by atoms with Gasteiger partial charge < -0.3 is 9.26 Å². The van der Waals surface area contributed by atoms with Crippen LogP contribution in [0.4, 0.5) is 0 Å². The topological polar surface area (TPSA) is 52.3 Å². The van der Waals surface area contributed by atoms with Gasteiger partial charge in [0.25, 0.3) is 6.47 Å². The number of ether oxygens (including phenoxy) is 1. The van der Waals surface area contributed by atoms with E-state index in [9.17, 15) is 4.79 Å². The van der Waals surface area contributed by atoms with Gasteiger partial charge in [0.2, 0.25) is 0 Å². The maximum absolute atomic E-state index is 9.85. The monoisotopic (exact) mass is 139 g/mol. The zero-order chi connectivity index (χ0) is 7.14. The molecule has 0 aliphatic heterocycles. The first-order chi connectivity index (χ1) is 4.84. The van der Waals surface area contributed by atoms with Gasteiger partial charge in [0, 0.05) is 0 Å². The Balaban J connectivity index is 2.21. The van der Waals surface area contributed by atoms with Gasteiger partial charge in [-0.15, -0.1) is 0 Å². The summed E-state index contributed by atoms with van der Waals surface area (Å²) in [5, 5.41) is 3.65. The molecule has 0 fully saturated rings. The summed E-state index contributed by atoms with van der Waals surface area (Å²) in [5.74, 6) is 0.738. The molecule has 0 amide bonds. The third kappa shape index (κ3) is 0.504. The molecule has 1 aliphatic carbocycles. The van der Waals surface area contributed by atoms with Crippen LogP contribution in [0.1, 0.15) is 23.1 Å². The lowest BCUT2D eigenvalue weighted by molar-refractivity contribution is -0.130. The van der Waals surface area contributed by atoms with Crippen molar-refractivity contribution in [1.82, 2.24) is 5.16 Å². The average Bonchev–Trinajstić information content (AvgIpc) is 2.45. The highest BCUT2D eigenvalue weighted by Gasteiger charge is 2.42. The van der Waals surface area contributed by atoms with E-state index in [1.807, 2.05) is 0 Å². The summed E-state index contributed by atoms with van der Waals surface area (Å²) in [4.78, 5) is 9.85. The number of hydrogen-bond acceptors (Lipinski definition) is 4. The Morgan fingerprint density at radius 1 is 1.80 bits per heavy atom. The zero-order valence-corrected chi connectivity index (χ0v) is 5.33. The minimum absolute atomic E-state index is 0.203. The van der Waals surface area contributed by atoms with E-state index >= 15 is 0 Å². The molecule has 0 saturated carbocycles. The highest BCUT2D eigenvalue weighted by atomic mass is 16.5. The maximum Gasteiger partial charge on any atom is 0.294 e. The van der Waals surface area contributed by atoms with Gasteiger partial charge in [0.05, 0.1) is 5.56 Å². The molecule has 4 nitrogen and oxygen atoms in total. The molecule has 2 rings (SSSR count). The van der Waals surface area contributed by atoms with E-state index < -0.39 is 0 Å². The number of aromatic nitrogens is 1. The number of fused-ring (bicyclic) bond motifs is 1. The van der Waals surface area contributed by atoms with Crippen molar-refractivity contribution in [1.29, 1.82) is 0 Å². The summed E-state index contributed by atoms with van der Waals surface area (Å²) < 4.78 is 9.40. The van der Waals surface area contributed by atoms with E-state index in [0.717, 1.165) is 17.0 Å². The first kappa shape index (κ1) is 5.46. The molecule has 0 aromatic carbocycles. The van der Waals surface area contributed by atoms with Crippen molar-refractivity contribution in [2.24, 2.45) is 0 Å². The molecule has 1 aliphatic rings. The molecule has 0 spiro atoms. The third-order valence-corrected chi connectivity index (χ3v) is 1.56. The number of nitrogens with zero attached hydrogens (tertiary/aromatic N) is 1. The molecule has 52 valence electrons. The first-order valence-electron chi connectivity index (χ1n) is 2.89. The van der Waals surface area contributed by atoms with Crippen LogP contribution in [0.2, 0.25) is 0 Å². The van der Waals surface area contributed by atoms with Crippen LogP contribution in [0.15, 0.2) is 4.52 Å². The van der Waals surface area contributed by atoms with E-state index in [0.29, 0.717) is 6.47 Å². The van der Waals surface area contributed by atoms with E-state index in [-0.39, 0.29) is 6.10 Å². The number of aryl methyl sites for hydroxylation is 1. The largest absolute Gasteiger partial charge is 0.453 e. The van der Waals surface area contributed by atoms with Crippen molar-refractivity contribution in [2.75, 3.05) is 0 Å². The predicted octanol–water partition coefficient (Wildman–Crippen LogP) is 0.559. The normalized spacial score (nSPS) is 19.9. The molecule has 0 radical (unpaired) electrons. The molecule has 4 heteroatoms. The Hall–Kier alpha value is -1.32. The van der Waals surface area contributed by atoms with Crippen LogP contribution in [-0.4, -0.2) is 11.6 Å². The molecular weight excluding hydrogens is 134 g/mol. The molecule has 10 heavy (non-hydrogen) atoms. The van der Waals surface area contributed by atoms with E-state index in [1.54, 1.807) is 6.92 Å². The number of rotatable bonds is 2. The van der Waals surface area contributed by atoms with Crippen LogP contribution in [-0.2, 0) is 9.53 Å². The molecule has 0 bridgehead atoms. The number of carbonyl (C=O) groups excluding carboxylic acids is 1. The number of hydrogen-bond donors (Lipinski definition) is 0. The molecule has 0 N–H and O–H groups in total. The highest BCUT2D eigenvalue weighted by molar-refractivity contribution is 5.51. The molecule has 1 aromatic heterocycles. The van der Waals surface area contributed by atoms with Crippen molar-refractivity contribution < 1.29 is 14.1 Å². The fourth-order valence-corrected chi connectivity index (χ4v) is 1.01. The standard InChI is InChI=1S/C6H5NO3/c1-3-4-5(7-10-3)6(4)9-2-8/h2,6H,1H3. The smallest absolute Gasteiger partial charge is 0.294 e. The number of carbonyl (C=O) groups is 1. The Morgan fingerprint density at radius 3 is 3.10 bits per heavy atom. The second kappa shape index (κ2) is 1.59. The SMILES string of the molecule is Cc1onc2c1C2OC=O. The van der Waals surface area contributed by atoms with Gasteiger partial charge in [0.15, 0.2) is 6.10 Å². The Bertz CT molecular complexity index is 279. The molecule has 1 aromatic rings. The Morgan fingerprint density at radius 2 is 2.60 bits per heavy atom. The summed E-state index contributed by atoms with van der Waals surface area (Å²) in [7, 11) is 0. The lowest BCUT2D eigenvalue weighted by Gasteiger charge is -1.91. The molecule has 0 saturated heterocycles. The van der Waals surface area contributed by atoms with E-state index in [4.69, 9.17) is 4.52 Å². The molecular formula is C6H5NO3. The van der Waals surface area contributed by atoms with Gasteiger partial charge in [-0.05, 0) is 6.92 Å². The van der Waals surface area contributed by atoms with Crippen molar-refractivity contribution in [2.45, 2.75) is 13.0 Å². The lowest BCUT2D eigenvalue weighted by atomic mass is 10.4. The van der Waals surface area contributed by atoms with Crippen LogP contribution >= 0.6 is 0 Å². The zero-order valence-electron chi connectivity index (χ0n) is 5.33. The van der Waals surface area contributed by atoms with E-state index in [2.05, 4.69) is 9.89 Å². The van der Waals surface area contributed by atoms with Gasteiger partial charge in [-0.25, -0.2) is 0 Å². The van der Waals surface area contributed by atoms with Crippen molar-refractivity contribution in [3.63, 3.8) is 0 Å². The Kier molecular flexibility index (Phi) is 0.869. The quantitative estimate of drug-likeness (QED) is 0.561. The summed E-state index contributed by atoms with van der Waals surface area (Å²) in [6.07, 6.45) is -0.203. The van der Waals surface area contributed by atoms with Crippen molar-refractivity contribution >= 4 is 6.47 Å². The maximum atomic E-state index is 9.85. The van der Waals surface area contributed by atoms with Gasteiger partial charge in [-0.3, -0.25) is 4.79 Å². The third-order valence-electron chi connectivity index (χ3n) is 1.56. The Labute approximate surface area is 56.8 Å². The van der Waals surface area contributed by atoms with Gasteiger partial charge in [-0.1, -0.05) is 5.16 Å². The van der Waals surface area contributed by atoms with Crippen LogP contribution in [0.3, 0.4) is 0 Å². The van der Waals surface area contributed by atoms with Gasteiger partial charge in [0.1, 0.15) is 11.5 Å². The minimum atomic E-state index is -0.203. The summed E-state index contributed by atoms with van der Waals surface area (Å²) in [6.45, 7) is 2.21. The van der Waals surface area contributed by atoms with Crippen LogP contribution < -0.4 is 0 Å². The molecule has 1 unspecified atom stereocenters. The highest BCUT2D eigenvalue weighted by Crippen LogP contribution is 2.44.